The van der Waals surface area contributed by atoms with Gasteiger partial charge in [0.1, 0.15) is 44.5 Å². The molecule has 4 aliphatic rings. The summed E-state index contributed by atoms with van der Waals surface area (Å²) in [5.74, 6) is 0.191. The second-order valence-electron chi connectivity index (χ2n) is 17.0. The summed E-state index contributed by atoms with van der Waals surface area (Å²) < 4.78 is 18.5. The van der Waals surface area contributed by atoms with Crippen LogP contribution in [0.4, 0.5) is 4.79 Å². The maximum atomic E-state index is 13.9. The van der Waals surface area contributed by atoms with E-state index in [-0.39, 0.29) is 42.7 Å². The highest BCUT2D eigenvalue weighted by molar-refractivity contribution is 7.03. The first kappa shape index (κ1) is 37.8. The van der Waals surface area contributed by atoms with Gasteiger partial charge in [-0.15, -0.1) is 0 Å². The summed E-state index contributed by atoms with van der Waals surface area (Å²) >= 11 is 0. The summed E-state index contributed by atoms with van der Waals surface area (Å²) in [6.45, 7) is 20.6. The third-order valence-electron chi connectivity index (χ3n) is 10.1. The van der Waals surface area contributed by atoms with Gasteiger partial charge < -0.3 is 39.3 Å². The highest BCUT2D eigenvalue weighted by atomic mass is 28.3. The number of hydrogen-bond acceptors (Lipinski definition) is 9. The van der Waals surface area contributed by atoms with Crippen LogP contribution in [0.5, 0.6) is 0 Å². The van der Waals surface area contributed by atoms with Crippen LogP contribution in [-0.2, 0) is 35.1 Å². The number of amides is 1. The second kappa shape index (κ2) is 13.9. The molecular formula is C38H55N3O7Si2. The van der Waals surface area contributed by atoms with Crippen molar-refractivity contribution in [2.24, 2.45) is 5.92 Å². The van der Waals surface area contributed by atoms with Gasteiger partial charge in [-0.2, -0.15) is 0 Å². The highest BCUT2D eigenvalue weighted by Gasteiger charge is 2.55. The van der Waals surface area contributed by atoms with Gasteiger partial charge in [0, 0.05) is 49.7 Å². The molecule has 5 rings (SSSR count). The fraction of sp³-hybridized carbons (Fsp3) is 0.579. The second-order valence-corrected chi connectivity index (χ2v) is 27.1. The van der Waals surface area contributed by atoms with Crippen LogP contribution in [0.25, 0.3) is 6.08 Å². The summed E-state index contributed by atoms with van der Waals surface area (Å²) in [4.78, 5) is 55.8. The van der Waals surface area contributed by atoms with Crippen molar-refractivity contribution in [2.75, 3.05) is 13.2 Å². The predicted octanol–water partition coefficient (Wildman–Crippen LogP) is 6.61. The molecule has 0 saturated heterocycles. The number of nitrogens with zero attached hydrogens (tertiary/aromatic N) is 1. The lowest BCUT2D eigenvalue weighted by molar-refractivity contribution is -0.177. The average Bonchev–Trinajstić information content (AvgIpc) is 3.36. The van der Waals surface area contributed by atoms with E-state index in [0.29, 0.717) is 25.8 Å². The summed E-state index contributed by atoms with van der Waals surface area (Å²) in [5.41, 5.74) is 4.43. The first-order chi connectivity index (χ1) is 23.2. The topological polar surface area (TPSA) is 123 Å². The van der Waals surface area contributed by atoms with Crippen LogP contribution >= 0.6 is 0 Å². The number of alkyl carbamates (subject to hydrolysis) is 1. The maximum absolute atomic E-state index is 13.9. The van der Waals surface area contributed by atoms with Crippen LogP contribution < -0.4 is 10.6 Å². The quantitative estimate of drug-likeness (QED) is 0.148. The largest absolute Gasteiger partial charge is 0.452 e. The Labute approximate surface area is 299 Å². The van der Waals surface area contributed by atoms with E-state index >= 15 is 0 Å². The Morgan fingerprint density at radius 3 is 2.32 bits per heavy atom. The molecule has 10 nitrogen and oxygen atoms in total. The average molecular weight is 722 g/mol. The Kier molecular flexibility index (Phi) is 10.5. The predicted molar refractivity (Wildman–Crippen MR) is 199 cm³/mol. The molecule has 3 aliphatic heterocycles. The molecule has 0 aromatic heterocycles. The molecule has 12 heteroatoms. The number of nitrogens with one attached hydrogen (secondary N) is 2. The van der Waals surface area contributed by atoms with Crippen molar-refractivity contribution in [3.63, 3.8) is 0 Å². The molecule has 1 aromatic rings. The van der Waals surface area contributed by atoms with E-state index in [1.54, 1.807) is 20.8 Å². The molecule has 0 bridgehead atoms. The van der Waals surface area contributed by atoms with Gasteiger partial charge in [-0.3, -0.25) is 4.79 Å². The number of allylic oxidation sites excluding steroid dienone is 2. The normalized spacial score (nSPS) is 23.2. The zero-order valence-corrected chi connectivity index (χ0v) is 33.5. The maximum Gasteiger partial charge on any atom is 0.407 e. The first-order valence-electron chi connectivity index (χ1n) is 17.9. The van der Waals surface area contributed by atoms with Crippen LogP contribution in [0.2, 0.25) is 39.3 Å². The number of carbonyl (C=O) groups is 4. The lowest BCUT2D eigenvalue weighted by atomic mass is 9.70. The fourth-order valence-electron chi connectivity index (χ4n) is 7.21. The molecule has 3 unspecified atom stereocenters. The van der Waals surface area contributed by atoms with E-state index in [2.05, 4.69) is 53.4 Å². The number of carbonyl (C=O) groups excluding carboxylic acids is 4. The first-order valence-corrected chi connectivity index (χ1v) is 24.9. The molecule has 50 heavy (non-hydrogen) atoms. The molecule has 0 spiro atoms. The number of benzene rings is 1. The van der Waals surface area contributed by atoms with Gasteiger partial charge in [0.25, 0.3) is 0 Å². The Hall–Kier alpha value is -3.49. The summed E-state index contributed by atoms with van der Waals surface area (Å²) in [5, 5.41) is 6.76. The van der Waals surface area contributed by atoms with Gasteiger partial charge in [-0.05, 0) is 55.5 Å². The Bertz CT molecular complexity index is 1660. The van der Waals surface area contributed by atoms with E-state index in [4.69, 9.17) is 14.2 Å². The van der Waals surface area contributed by atoms with Crippen molar-refractivity contribution in [1.29, 1.82) is 0 Å². The molecule has 0 saturated carbocycles. The molecule has 2 N–H and O–H groups in total. The van der Waals surface area contributed by atoms with Gasteiger partial charge in [0.05, 0.1) is 13.0 Å². The lowest BCUT2D eigenvalue weighted by Crippen LogP contribution is -2.56. The van der Waals surface area contributed by atoms with Crippen LogP contribution in [0.1, 0.15) is 70.9 Å². The van der Waals surface area contributed by atoms with Gasteiger partial charge in [-0.1, -0.05) is 70.5 Å². The van der Waals surface area contributed by atoms with Crippen LogP contribution in [0.15, 0.2) is 52.6 Å². The summed E-state index contributed by atoms with van der Waals surface area (Å²) in [6, 6.07) is 8.34. The van der Waals surface area contributed by atoms with Gasteiger partial charge in [0.2, 0.25) is 0 Å². The van der Waals surface area contributed by atoms with Crippen molar-refractivity contribution in [3.05, 3.63) is 63.8 Å². The van der Waals surface area contributed by atoms with Crippen molar-refractivity contribution in [2.45, 2.75) is 123 Å². The van der Waals surface area contributed by atoms with Gasteiger partial charge in [-0.25, -0.2) is 4.79 Å². The number of hydrogen-bond donors (Lipinski definition) is 2. The molecule has 3 heterocycles. The smallest absolute Gasteiger partial charge is 0.407 e. The van der Waals surface area contributed by atoms with Crippen molar-refractivity contribution >= 4 is 45.1 Å². The molecule has 3 atom stereocenters. The molecule has 1 amide bonds. The van der Waals surface area contributed by atoms with Gasteiger partial charge >= 0.3 is 12.1 Å². The van der Waals surface area contributed by atoms with E-state index < -0.39 is 45.5 Å². The summed E-state index contributed by atoms with van der Waals surface area (Å²) in [7, 11) is -4.36. The minimum Gasteiger partial charge on any atom is -0.452 e. The van der Waals surface area contributed by atoms with E-state index in [1.807, 2.05) is 38.7 Å². The summed E-state index contributed by atoms with van der Waals surface area (Å²) in [6.07, 6.45) is 2.11. The third kappa shape index (κ3) is 7.87. The molecule has 1 aromatic carbocycles. The van der Waals surface area contributed by atoms with E-state index in [1.165, 1.54) is 5.56 Å². The van der Waals surface area contributed by atoms with Crippen molar-refractivity contribution < 1.29 is 33.4 Å². The standard InChI is InChI=1S/C38H55N3O7Si2/c1-11-38(47-32(42)16-17-39-36(45)48-37(2,3)4)28-20-29-35(41-22-25-15-13-12-14-24(25)18-31(41)40-29)26(19-33(43)49(5,6)7)27(28)23-46-30(38)21-34(44)50(8,9)10/h12-15,18,26,30,40H,11,16-17,19-23H2,1-10H3,(H,39,45). The van der Waals surface area contributed by atoms with E-state index in [9.17, 15) is 19.2 Å². The van der Waals surface area contributed by atoms with Crippen LogP contribution in [-0.4, -0.2) is 74.4 Å². The molecule has 0 fully saturated rings. The van der Waals surface area contributed by atoms with Crippen molar-refractivity contribution in [3.8, 4) is 0 Å². The Morgan fingerprint density at radius 1 is 1.02 bits per heavy atom. The lowest BCUT2D eigenvalue weighted by Gasteiger charge is -2.49. The fourth-order valence-corrected chi connectivity index (χ4v) is 8.83. The number of ether oxygens (including phenoxy) is 3. The molecule has 272 valence electrons. The molecule has 0 radical (unpaired) electrons. The Balaban J connectivity index is 1.54. The van der Waals surface area contributed by atoms with Crippen molar-refractivity contribution in [1.82, 2.24) is 15.5 Å². The van der Waals surface area contributed by atoms with Crippen LogP contribution in [0, 0.1) is 5.92 Å². The minimum atomic E-state index is -2.20. The zero-order valence-electron chi connectivity index (χ0n) is 31.5. The highest BCUT2D eigenvalue weighted by Crippen LogP contribution is 2.52. The SMILES string of the molecule is CCC1(OC(=O)CCNC(=O)OC(C)(C)C)C2=C(COC1CC(=O)[Si](C)(C)C)C(CC(=O)[Si](C)(C)C)C1=C(C2)NC2=Cc3ccccc3CN21. The van der Waals surface area contributed by atoms with E-state index in [0.717, 1.165) is 33.9 Å². The monoisotopic (exact) mass is 721 g/mol. The number of fused-ring (bicyclic) bond motifs is 3. The number of esters is 1. The molecular weight excluding hydrogens is 667 g/mol. The minimum absolute atomic E-state index is 0.0344. The third-order valence-corrected chi connectivity index (χ3v) is 13.8. The zero-order chi connectivity index (χ0) is 36.8. The molecule has 1 aliphatic carbocycles. The Morgan fingerprint density at radius 2 is 1.68 bits per heavy atom. The number of rotatable bonds is 11. The van der Waals surface area contributed by atoms with Gasteiger partial charge in [0.15, 0.2) is 5.60 Å². The van der Waals surface area contributed by atoms with Crippen LogP contribution in [0.3, 0.4) is 0 Å².